The lowest BCUT2D eigenvalue weighted by Gasteiger charge is -2.18. The maximum absolute atomic E-state index is 13.6. The molecule has 1 heterocycles. The molecule has 0 saturated carbocycles. The summed E-state index contributed by atoms with van der Waals surface area (Å²) in [7, 11) is 1.31. The number of anilines is 1. The first-order valence-corrected chi connectivity index (χ1v) is 11.4. The summed E-state index contributed by atoms with van der Waals surface area (Å²) in [6, 6.07) is 24.4. The van der Waals surface area contributed by atoms with E-state index in [9.17, 15) is 9.59 Å². The summed E-state index contributed by atoms with van der Waals surface area (Å²) in [6.07, 6.45) is 1.69. The van der Waals surface area contributed by atoms with Crippen molar-refractivity contribution in [3.8, 4) is 11.5 Å². The molecule has 0 atom stereocenters. The van der Waals surface area contributed by atoms with Gasteiger partial charge in [-0.1, -0.05) is 48.5 Å². The summed E-state index contributed by atoms with van der Waals surface area (Å²) in [5, 5.41) is 0. The zero-order chi connectivity index (χ0) is 24.8. The van der Waals surface area contributed by atoms with Gasteiger partial charge in [0, 0.05) is 16.9 Å². The lowest BCUT2D eigenvalue weighted by Crippen LogP contribution is -2.24. The molecule has 4 rings (SSSR count). The van der Waals surface area contributed by atoms with Gasteiger partial charge in [0.1, 0.15) is 18.1 Å². The summed E-state index contributed by atoms with van der Waals surface area (Å²) in [5.74, 6) is 0.430. The number of esters is 1. The van der Waals surface area contributed by atoms with Crippen molar-refractivity contribution in [2.45, 2.75) is 20.5 Å². The number of nitrogens with zero attached hydrogens (tertiary/aromatic N) is 1. The fourth-order valence-electron chi connectivity index (χ4n) is 3.97. The van der Waals surface area contributed by atoms with Crippen molar-refractivity contribution in [1.29, 1.82) is 0 Å². The normalized spacial score (nSPS) is 14.4. The van der Waals surface area contributed by atoms with Gasteiger partial charge in [-0.05, 0) is 55.8 Å². The van der Waals surface area contributed by atoms with Gasteiger partial charge in [-0.2, -0.15) is 0 Å². The number of amides is 1. The Morgan fingerprint density at radius 3 is 2.29 bits per heavy atom. The third-order valence-corrected chi connectivity index (χ3v) is 5.65. The van der Waals surface area contributed by atoms with Gasteiger partial charge >= 0.3 is 5.97 Å². The van der Waals surface area contributed by atoms with Crippen molar-refractivity contribution >= 4 is 23.6 Å². The van der Waals surface area contributed by atoms with Gasteiger partial charge in [-0.15, -0.1) is 0 Å². The van der Waals surface area contributed by atoms with E-state index in [1.807, 2.05) is 61.5 Å². The van der Waals surface area contributed by atoms with Gasteiger partial charge in [-0.25, -0.2) is 4.79 Å². The van der Waals surface area contributed by atoms with Crippen LogP contribution in [0.3, 0.4) is 0 Å². The molecule has 0 radical (unpaired) electrons. The number of benzene rings is 3. The van der Waals surface area contributed by atoms with Crippen LogP contribution in [0.15, 0.2) is 95.7 Å². The fraction of sp³-hybridized carbons (Fsp3) is 0.172. The fourth-order valence-corrected chi connectivity index (χ4v) is 3.97. The summed E-state index contributed by atoms with van der Waals surface area (Å²) in [4.78, 5) is 27.8. The Morgan fingerprint density at radius 2 is 1.60 bits per heavy atom. The second-order valence-corrected chi connectivity index (χ2v) is 7.89. The van der Waals surface area contributed by atoms with Crippen LogP contribution in [0.5, 0.6) is 11.5 Å². The number of carbonyl (C=O) groups excluding carboxylic acids is 2. The van der Waals surface area contributed by atoms with Crippen LogP contribution in [-0.4, -0.2) is 25.6 Å². The molecular formula is C29H27NO5. The summed E-state index contributed by atoms with van der Waals surface area (Å²) >= 11 is 0. The summed E-state index contributed by atoms with van der Waals surface area (Å²) in [5.41, 5.74) is 3.33. The topological polar surface area (TPSA) is 65.1 Å². The minimum Gasteiger partial charge on any atom is -0.494 e. The third-order valence-electron chi connectivity index (χ3n) is 5.65. The van der Waals surface area contributed by atoms with Gasteiger partial charge in [-0.3, -0.25) is 9.69 Å². The second-order valence-electron chi connectivity index (χ2n) is 7.89. The van der Waals surface area contributed by atoms with E-state index in [4.69, 9.17) is 14.2 Å². The van der Waals surface area contributed by atoms with Crippen LogP contribution in [0.2, 0.25) is 0 Å². The summed E-state index contributed by atoms with van der Waals surface area (Å²) in [6.45, 7) is 4.57. The molecule has 0 unspecified atom stereocenters. The van der Waals surface area contributed by atoms with Crippen LogP contribution in [0.25, 0.3) is 6.08 Å². The molecular weight excluding hydrogens is 442 g/mol. The maximum atomic E-state index is 13.6. The maximum Gasteiger partial charge on any atom is 0.340 e. The number of allylic oxidation sites excluding steroid dienone is 1. The van der Waals surface area contributed by atoms with Crippen LogP contribution in [0, 0.1) is 0 Å². The molecule has 1 aliphatic heterocycles. The van der Waals surface area contributed by atoms with Gasteiger partial charge < -0.3 is 14.2 Å². The summed E-state index contributed by atoms with van der Waals surface area (Å²) < 4.78 is 16.6. The molecule has 0 N–H and O–H groups in total. The second kappa shape index (κ2) is 10.7. The molecule has 0 aromatic heterocycles. The molecule has 35 heavy (non-hydrogen) atoms. The van der Waals surface area contributed by atoms with E-state index < -0.39 is 5.97 Å². The molecule has 3 aromatic rings. The van der Waals surface area contributed by atoms with Crippen molar-refractivity contribution in [2.24, 2.45) is 0 Å². The molecule has 178 valence electrons. The van der Waals surface area contributed by atoms with Gasteiger partial charge in [0.25, 0.3) is 5.91 Å². The van der Waals surface area contributed by atoms with E-state index in [0.717, 1.165) is 5.56 Å². The van der Waals surface area contributed by atoms with E-state index in [-0.39, 0.29) is 17.1 Å². The van der Waals surface area contributed by atoms with Crippen LogP contribution < -0.4 is 14.4 Å². The highest BCUT2D eigenvalue weighted by atomic mass is 16.5. The highest BCUT2D eigenvalue weighted by Gasteiger charge is 2.38. The molecule has 0 saturated heterocycles. The van der Waals surface area contributed by atoms with Crippen molar-refractivity contribution in [2.75, 3.05) is 18.6 Å². The number of hydrogen-bond acceptors (Lipinski definition) is 5. The molecule has 1 aliphatic rings. The zero-order valence-corrected chi connectivity index (χ0v) is 20.0. The average Bonchev–Trinajstić information content (AvgIpc) is 3.13. The number of methoxy groups -OCH3 is 1. The third kappa shape index (κ3) is 5.11. The molecule has 0 bridgehead atoms. The van der Waals surface area contributed by atoms with Gasteiger partial charge in [0.15, 0.2) is 0 Å². The number of rotatable bonds is 8. The van der Waals surface area contributed by atoms with Crippen molar-refractivity contribution in [1.82, 2.24) is 0 Å². The monoisotopic (exact) mass is 469 g/mol. The molecule has 6 heteroatoms. The quantitative estimate of drug-likeness (QED) is 0.320. The van der Waals surface area contributed by atoms with Gasteiger partial charge in [0.2, 0.25) is 0 Å². The average molecular weight is 470 g/mol. The van der Waals surface area contributed by atoms with E-state index in [1.54, 1.807) is 37.3 Å². The largest absolute Gasteiger partial charge is 0.494 e. The predicted molar refractivity (Wildman–Crippen MR) is 135 cm³/mol. The van der Waals surface area contributed by atoms with Crippen LogP contribution in [-0.2, 0) is 20.9 Å². The highest BCUT2D eigenvalue weighted by molar-refractivity contribution is 6.23. The smallest absolute Gasteiger partial charge is 0.340 e. The van der Waals surface area contributed by atoms with Crippen molar-refractivity contribution in [3.05, 3.63) is 107 Å². The van der Waals surface area contributed by atoms with E-state index in [2.05, 4.69) is 0 Å². The molecule has 3 aromatic carbocycles. The Hall–Kier alpha value is -4.32. The van der Waals surface area contributed by atoms with Crippen molar-refractivity contribution < 1.29 is 23.8 Å². The van der Waals surface area contributed by atoms with E-state index in [1.165, 1.54) is 12.0 Å². The predicted octanol–water partition coefficient (Wildman–Crippen LogP) is 5.54. The van der Waals surface area contributed by atoms with E-state index >= 15 is 0 Å². The van der Waals surface area contributed by atoms with Crippen LogP contribution in [0.1, 0.15) is 25.0 Å². The molecule has 0 aliphatic carbocycles. The standard InChI is InChI=1S/C29H27NO5/c1-4-34-24-16-14-23(15-17-24)30-20(2)27(29(32)33-3)25(28(30)31)18-22-12-8-9-13-26(22)35-19-21-10-6-5-7-11-21/h5-18H,4,19H2,1-3H3/b25-18-. The molecule has 6 nitrogen and oxygen atoms in total. The number of carbonyl (C=O) groups is 2. The Kier molecular flexibility index (Phi) is 7.31. The minimum atomic E-state index is -0.571. The number of para-hydroxylation sites is 1. The Labute approximate surface area is 205 Å². The van der Waals surface area contributed by atoms with Crippen LogP contribution >= 0.6 is 0 Å². The first-order chi connectivity index (χ1) is 17.0. The Bertz CT molecular complexity index is 1280. The highest BCUT2D eigenvalue weighted by Crippen LogP contribution is 2.37. The Balaban J connectivity index is 1.70. The number of ether oxygens (including phenoxy) is 3. The van der Waals surface area contributed by atoms with Gasteiger partial charge in [0.05, 0.1) is 24.9 Å². The zero-order valence-electron chi connectivity index (χ0n) is 20.0. The molecule has 1 amide bonds. The first-order valence-electron chi connectivity index (χ1n) is 11.4. The SMILES string of the molecule is CCOc1ccc(N2C(=O)/C(=C\c3ccccc3OCc3ccccc3)C(C(=O)OC)=C2C)cc1. The minimum absolute atomic E-state index is 0.226. The first kappa shape index (κ1) is 23.8. The van der Waals surface area contributed by atoms with E-state index in [0.29, 0.717) is 41.7 Å². The molecule has 0 fully saturated rings. The lowest BCUT2D eigenvalue weighted by atomic mass is 10.0. The lowest BCUT2D eigenvalue weighted by molar-refractivity contribution is -0.136. The molecule has 0 spiro atoms. The van der Waals surface area contributed by atoms with Crippen molar-refractivity contribution in [3.63, 3.8) is 0 Å². The number of hydrogen-bond donors (Lipinski definition) is 0. The Morgan fingerprint density at radius 1 is 0.914 bits per heavy atom. The van der Waals surface area contributed by atoms with Crippen LogP contribution in [0.4, 0.5) is 5.69 Å².